The van der Waals surface area contributed by atoms with Gasteiger partial charge in [0, 0.05) is 7.05 Å². The highest BCUT2D eigenvalue weighted by molar-refractivity contribution is 7.22. The molecule has 0 saturated carbocycles. The topological polar surface area (TPSA) is 41.9 Å². The molecule has 136 valence electrons. The van der Waals surface area contributed by atoms with E-state index in [2.05, 4.69) is 52.3 Å². The van der Waals surface area contributed by atoms with Gasteiger partial charge in [-0.2, -0.15) is 0 Å². The van der Waals surface area contributed by atoms with Crippen molar-refractivity contribution in [1.29, 1.82) is 0 Å². The fourth-order valence-corrected chi connectivity index (χ4v) is 4.40. The highest BCUT2D eigenvalue weighted by atomic mass is 32.1. The standard InChI is InChI=1S/C23H18N4S/c1-15-24-19-13-8-11-17(16-9-4-3-5-10-16)21(19)22(25-15)27(2)23-26-18-12-6-7-14-20(18)28-23/h3-14H,1-2H3. The Morgan fingerprint density at radius 1 is 0.750 bits per heavy atom. The van der Waals surface area contributed by atoms with Gasteiger partial charge in [-0.1, -0.05) is 65.9 Å². The number of thiazole rings is 1. The lowest BCUT2D eigenvalue weighted by Gasteiger charge is -2.19. The van der Waals surface area contributed by atoms with Crippen molar-refractivity contribution in [2.75, 3.05) is 11.9 Å². The molecule has 5 aromatic rings. The summed E-state index contributed by atoms with van der Waals surface area (Å²) in [5.41, 5.74) is 4.23. The molecule has 2 heterocycles. The van der Waals surface area contributed by atoms with Crippen molar-refractivity contribution in [1.82, 2.24) is 15.0 Å². The molecule has 5 heteroatoms. The van der Waals surface area contributed by atoms with Gasteiger partial charge in [0.25, 0.3) is 0 Å². The fourth-order valence-electron chi connectivity index (χ4n) is 3.47. The molecular weight excluding hydrogens is 364 g/mol. The maximum Gasteiger partial charge on any atom is 0.191 e. The molecule has 0 amide bonds. The molecule has 0 N–H and O–H groups in total. The number of anilines is 2. The molecule has 0 bridgehead atoms. The van der Waals surface area contributed by atoms with Crippen LogP contribution < -0.4 is 4.90 Å². The molecule has 2 aromatic heterocycles. The van der Waals surface area contributed by atoms with Crippen LogP contribution in [0.3, 0.4) is 0 Å². The summed E-state index contributed by atoms with van der Waals surface area (Å²) in [6, 6.07) is 24.8. The van der Waals surface area contributed by atoms with Crippen molar-refractivity contribution in [3.63, 3.8) is 0 Å². The van der Waals surface area contributed by atoms with Crippen LogP contribution in [0, 0.1) is 6.92 Å². The molecule has 0 unspecified atom stereocenters. The van der Waals surface area contributed by atoms with Gasteiger partial charge >= 0.3 is 0 Å². The van der Waals surface area contributed by atoms with E-state index in [9.17, 15) is 0 Å². The molecule has 0 saturated heterocycles. The summed E-state index contributed by atoms with van der Waals surface area (Å²) in [5, 5.41) is 1.96. The summed E-state index contributed by atoms with van der Waals surface area (Å²) in [7, 11) is 2.03. The summed E-state index contributed by atoms with van der Waals surface area (Å²) in [5.74, 6) is 1.63. The van der Waals surface area contributed by atoms with E-state index in [1.54, 1.807) is 11.3 Å². The molecule has 0 atom stereocenters. The molecule has 0 fully saturated rings. The van der Waals surface area contributed by atoms with Gasteiger partial charge in [0.15, 0.2) is 5.13 Å². The Morgan fingerprint density at radius 3 is 2.32 bits per heavy atom. The van der Waals surface area contributed by atoms with E-state index in [1.807, 2.05) is 44.3 Å². The molecule has 4 nitrogen and oxygen atoms in total. The van der Waals surface area contributed by atoms with Crippen LogP contribution in [-0.4, -0.2) is 22.0 Å². The lowest BCUT2D eigenvalue weighted by Crippen LogP contribution is -2.13. The summed E-state index contributed by atoms with van der Waals surface area (Å²) in [6.45, 7) is 1.93. The van der Waals surface area contributed by atoms with Gasteiger partial charge in [-0.25, -0.2) is 15.0 Å². The molecule has 3 aromatic carbocycles. The highest BCUT2D eigenvalue weighted by Gasteiger charge is 2.18. The Morgan fingerprint density at radius 2 is 1.50 bits per heavy atom. The summed E-state index contributed by atoms with van der Waals surface area (Å²) >= 11 is 1.67. The van der Waals surface area contributed by atoms with Gasteiger partial charge in [0.05, 0.1) is 21.1 Å². The summed E-state index contributed by atoms with van der Waals surface area (Å²) in [4.78, 5) is 16.4. The largest absolute Gasteiger partial charge is 0.305 e. The van der Waals surface area contributed by atoms with E-state index in [0.717, 1.165) is 44.3 Å². The van der Waals surface area contributed by atoms with Crippen LogP contribution in [0.2, 0.25) is 0 Å². The van der Waals surface area contributed by atoms with Crippen molar-refractivity contribution in [3.05, 3.63) is 78.6 Å². The van der Waals surface area contributed by atoms with Crippen LogP contribution in [0.5, 0.6) is 0 Å². The lowest BCUT2D eigenvalue weighted by atomic mass is 10.0. The molecule has 0 radical (unpaired) electrons. The van der Waals surface area contributed by atoms with Crippen LogP contribution in [0.4, 0.5) is 10.9 Å². The first-order chi connectivity index (χ1) is 13.7. The quantitative estimate of drug-likeness (QED) is 0.385. The van der Waals surface area contributed by atoms with Crippen molar-refractivity contribution >= 4 is 43.4 Å². The van der Waals surface area contributed by atoms with Gasteiger partial charge < -0.3 is 4.90 Å². The molecule has 28 heavy (non-hydrogen) atoms. The zero-order valence-corrected chi connectivity index (χ0v) is 16.4. The van der Waals surface area contributed by atoms with Crippen LogP contribution in [0.1, 0.15) is 5.82 Å². The first-order valence-corrected chi connectivity index (χ1v) is 9.94. The second kappa shape index (κ2) is 6.69. The molecule has 0 aliphatic carbocycles. The molecule has 0 spiro atoms. The van der Waals surface area contributed by atoms with Crippen LogP contribution >= 0.6 is 11.3 Å². The summed E-state index contributed by atoms with van der Waals surface area (Å²) < 4.78 is 1.17. The van der Waals surface area contributed by atoms with Crippen LogP contribution in [-0.2, 0) is 0 Å². The maximum atomic E-state index is 4.82. The second-order valence-corrected chi connectivity index (χ2v) is 7.69. The summed E-state index contributed by atoms with van der Waals surface area (Å²) in [6.07, 6.45) is 0. The molecule has 5 rings (SSSR count). The number of hydrogen-bond acceptors (Lipinski definition) is 5. The Labute approximate surface area is 167 Å². The SMILES string of the molecule is Cc1nc(N(C)c2nc3ccccc3s2)c2c(-c3ccccc3)cccc2n1. The van der Waals surface area contributed by atoms with Crippen molar-refractivity contribution < 1.29 is 0 Å². The monoisotopic (exact) mass is 382 g/mol. The van der Waals surface area contributed by atoms with Gasteiger partial charge in [-0.15, -0.1) is 0 Å². The first-order valence-electron chi connectivity index (χ1n) is 9.13. The first kappa shape index (κ1) is 16.8. The van der Waals surface area contributed by atoms with E-state index in [4.69, 9.17) is 9.97 Å². The van der Waals surface area contributed by atoms with E-state index < -0.39 is 0 Å². The molecule has 0 aliphatic heterocycles. The van der Waals surface area contributed by atoms with Gasteiger partial charge in [-0.3, -0.25) is 0 Å². The van der Waals surface area contributed by atoms with Crippen molar-refractivity contribution in [2.45, 2.75) is 6.92 Å². The Hall–Kier alpha value is -3.31. The number of para-hydroxylation sites is 1. The third-order valence-electron chi connectivity index (χ3n) is 4.79. The predicted octanol–water partition coefficient (Wildman–Crippen LogP) is 5.98. The lowest BCUT2D eigenvalue weighted by molar-refractivity contribution is 1.04. The Kier molecular flexibility index (Phi) is 4.02. The second-order valence-electron chi connectivity index (χ2n) is 6.68. The third kappa shape index (κ3) is 2.80. The van der Waals surface area contributed by atoms with Gasteiger partial charge in [0.1, 0.15) is 11.6 Å². The third-order valence-corrected chi connectivity index (χ3v) is 5.90. The number of aromatic nitrogens is 3. The van der Waals surface area contributed by atoms with Gasteiger partial charge in [0.2, 0.25) is 0 Å². The number of rotatable bonds is 3. The van der Waals surface area contributed by atoms with Crippen LogP contribution in [0.15, 0.2) is 72.8 Å². The minimum atomic E-state index is 0.751. The molecule has 0 aliphatic rings. The van der Waals surface area contributed by atoms with Gasteiger partial charge in [-0.05, 0) is 36.2 Å². The maximum absolute atomic E-state index is 4.82. The van der Waals surface area contributed by atoms with Crippen LogP contribution in [0.25, 0.3) is 32.2 Å². The highest BCUT2D eigenvalue weighted by Crippen LogP contribution is 2.38. The number of nitrogens with zero attached hydrogens (tertiary/aromatic N) is 4. The predicted molar refractivity (Wildman–Crippen MR) is 117 cm³/mol. The number of hydrogen-bond donors (Lipinski definition) is 0. The minimum Gasteiger partial charge on any atom is -0.305 e. The normalized spacial score (nSPS) is 11.2. The number of fused-ring (bicyclic) bond motifs is 2. The van der Waals surface area contributed by atoms with E-state index in [1.165, 1.54) is 4.70 Å². The smallest absolute Gasteiger partial charge is 0.191 e. The minimum absolute atomic E-state index is 0.751. The fraction of sp³-hybridized carbons (Fsp3) is 0.0870. The zero-order chi connectivity index (χ0) is 19.1. The number of aryl methyl sites for hydroxylation is 1. The number of benzene rings is 3. The Balaban J connectivity index is 1.76. The van der Waals surface area contributed by atoms with Crippen molar-refractivity contribution in [2.24, 2.45) is 0 Å². The average molecular weight is 382 g/mol. The van der Waals surface area contributed by atoms with E-state index >= 15 is 0 Å². The average Bonchev–Trinajstić information content (AvgIpc) is 3.17. The van der Waals surface area contributed by atoms with Crippen molar-refractivity contribution in [3.8, 4) is 11.1 Å². The Bertz CT molecular complexity index is 1260. The van der Waals surface area contributed by atoms with E-state index in [-0.39, 0.29) is 0 Å². The van der Waals surface area contributed by atoms with E-state index in [0.29, 0.717) is 0 Å². The molecular formula is C23H18N4S. The zero-order valence-electron chi connectivity index (χ0n) is 15.6.